The Balaban J connectivity index is 1.46. The molecule has 0 saturated heterocycles. The average molecular weight is 715 g/mol. The molecule has 0 N–H and O–H groups in total. The summed E-state index contributed by atoms with van der Waals surface area (Å²) in [7, 11) is 0. The van der Waals surface area contributed by atoms with E-state index in [2.05, 4.69) is 190 Å². The van der Waals surface area contributed by atoms with Crippen molar-refractivity contribution in [1.29, 1.82) is 0 Å². The maximum absolute atomic E-state index is 3.71. The molecule has 0 nitrogen and oxygen atoms in total. The van der Waals surface area contributed by atoms with Gasteiger partial charge in [-0.1, -0.05) is 159 Å². The molecule has 0 unspecified atom stereocenters. The summed E-state index contributed by atoms with van der Waals surface area (Å²) in [6.07, 6.45) is 0. The Hall–Kier alpha value is -4.76. The monoisotopic (exact) mass is 712 g/mol. The number of benzene rings is 8. The van der Waals surface area contributed by atoms with Crippen LogP contribution >= 0.6 is 31.9 Å². The third kappa shape index (κ3) is 4.32. The van der Waals surface area contributed by atoms with Gasteiger partial charge in [0.05, 0.1) is 0 Å². The van der Waals surface area contributed by atoms with Crippen LogP contribution in [0.4, 0.5) is 0 Å². The van der Waals surface area contributed by atoms with Crippen molar-refractivity contribution < 1.29 is 0 Å². The minimum Gasteiger partial charge on any atom is -0.0622 e. The number of hydrogen-bond donors (Lipinski definition) is 0. The van der Waals surface area contributed by atoms with Crippen molar-refractivity contribution in [2.75, 3.05) is 0 Å². The molecule has 0 atom stereocenters. The lowest BCUT2D eigenvalue weighted by atomic mass is 9.82. The molecular weight excluding hydrogens is 688 g/mol. The summed E-state index contributed by atoms with van der Waals surface area (Å²) >= 11 is 7.41. The van der Waals surface area contributed by atoms with Crippen LogP contribution in [0.25, 0.3) is 88.3 Å². The molecule has 0 aromatic heterocycles. The van der Waals surface area contributed by atoms with Gasteiger partial charge in [0.1, 0.15) is 0 Å². The van der Waals surface area contributed by atoms with Gasteiger partial charge in [0.25, 0.3) is 0 Å². The summed E-state index contributed by atoms with van der Waals surface area (Å²) in [6.45, 7) is 0. The molecule has 2 heteroatoms. The van der Waals surface area contributed by atoms with E-state index in [-0.39, 0.29) is 0 Å². The fourth-order valence-corrected chi connectivity index (χ4v) is 8.21. The summed E-state index contributed by atoms with van der Waals surface area (Å²) in [5.74, 6) is 0. The minimum atomic E-state index is 1.08. The van der Waals surface area contributed by atoms with Crippen LogP contribution in [0.2, 0.25) is 0 Å². The van der Waals surface area contributed by atoms with Gasteiger partial charge in [0, 0.05) is 8.95 Å². The Labute approximate surface area is 285 Å². The number of hydrogen-bond acceptors (Lipinski definition) is 0. The Bertz CT molecular complexity index is 2480. The van der Waals surface area contributed by atoms with E-state index >= 15 is 0 Å². The van der Waals surface area contributed by atoms with Crippen molar-refractivity contribution in [1.82, 2.24) is 0 Å². The first-order chi connectivity index (χ1) is 22.7. The predicted octanol–water partition coefficient (Wildman–Crippen LogP) is 13.8. The Morgan fingerprint density at radius 1 is 0.283 bits per heavy atom. The number of rotatable bonds is 4. The highest BCUT2D eigenvalue weighted by molar-refractivity contribution is 9.10. The lowest BCUT2D eigenvalue weighted by molar-refractivity contribution is 1.59. The standard InChI is InChI=1S/C44H26Br2/c45-32-16-7-14-29(24-32)30-20-21-36-39(26-30)41(28-12-5-2-6-13-28)44-38-23-22-34(31-15-8-17-33(46)25-31)35-18-9-19-37(42(35)38)43(44)40(36)27-10-3-1-4-11-27/h1-26H. The van der Waals surface area contributed by atoms with Crippen molar-refractivity contribution in [2.45, 2.75) is 0 Å². The van der Waals surface area contributed by atoms with Crippen LogP contribution in [-0.2, 0) is 0 Å². The highest BCUT2D eigenvalue weighted by atomic mass is 79.9. The van der Waals surface area contributed by atoms with Gasteiger partial charge in [-0.25, -0.2) is 0 Å². The van der Waals surface area contributed by atoms with Gasteiger partial charge in [-0.3, -0.25) is 0 Å². The zero-order valence-corrected chi connectivity index (χ0v) is 27.9. The molecule has 8 aromatic rings. The molecule has 0 amide bonds. The van der Waals surface area contributed by atoms with Gasteiger partial charge in [-0.2, -0.15) is 0 Å². The molecule has 0 aliphatic heterocycles. The van der Waals surface area contributed by atoms with Gasteiger partial charge in [-0.15, -0.1) is 0 Å². The van der Waals surface area contributed by atoms with E-state index in [1.807, 2.05) is 0 Å². The van der Waals surface area contributed by atoms with Crippen molar-refractivity contribution in [2.24, 2.45) is 0 Å². The molecule has 1 aliphatic rings. The first-order valence-electron chi connectivity index (χ1n) is 15.5. The maximum atomic E-state index is 3.71. The lowest BCUT2D eigenvalue weighted by Crippen LogP contribution is -1.94. The van der Waals surface area contributed by atoms with Crippen LogP contribution in [0.1, 0.15) is 0 Å². The summed E-state index contributed by atoms with van der Waals surface area (Å²) in [4.78, 5) is 0. The van der Waals surface area contributed by atoms with Crippen LogP contribution in [0, 0.1) is 0 Å². The van der Waals surface area contributed by atoms with Crippen LogP contribution in [0.3, 0.4) is 0 Å². The average Bonchev–Trinajstić information content (AvgIpc) is 3.43. The van der Waals surface area contributed by atoms with Gasteiger partial charge < -0.3 is 0 Å². The van der Waals surface area contributed by atoms with Crippen molar-refractivity contribution in [3.8, 4) is 66.8 Å². The van der Waals surface area contributed by atoms with Crippen LogP contribution in [0.15, 0.2) is 167 Å². The summed E-state index contributed by atoms with van der Waals surface area (Å²) in [6, 6.07) is 57.7. The molecule has 0 spiro atoms. The smallest absolute Gasteiger partial charge is 0.0181 e. The quantitative estimate of drug-likeness (QED) is 0.170. The Kier molecular flexibility index (Phi) is 6.55. The predicted molar refractivity (Wildman–Crippen MR) is 203 cm³/mol. The lowest BCUT2D eigenvalue weighted by Gasteiger charge is -2.21. The largest absolute Gasteiger partial charge is 0.0622 e. The minimum absolute atomic E-state index is 1.08. The van der Waals surface area contributed by atoms with E-state index in [1.54, 1.807) is 0 Å². The second kappa shape index (κ2) is 10.9. The molecular formula is C44H26Br2. The second-order valence-electron chi connectivity index (χ2n) is 11.9. The van der Waals surface area contributed by atoms with Crippen LogP contribution < -0.4 is 0 Å². The fraction of sp³-hybridized carbons (Fsp3) is 0. The highest BCUT2D eigenvalue weighted by Crippen LogP contribution is 2.58. The summed E-state index contributed by atoms with van der Waals surface area (Å²) in [5, 5.41) is 5.13. The molecule has 0 radical (unpaired) electrons. The fourth-order valence-electron chi connectivity index (χ4n) is 7.42. The molecule has 0 saturated carbocycles. The Morgan fingerprint density at radius 2 is 0.804 bits per heavy atom. The molecule has 0 heterocycles. The zero-order chi connectivity index (χ0) is 30.8. The van der Waals surface area contributed by atoms with Gasteiger partial charge in [0.15, 0.2) is 0 Å². The third-order valence-corrected chi connectivity index (χ3v) is 10.3. The van der Waals surface area contributed by atoms with Crippen molar-refractivity contribution >= 4 is 53.4 Å². The van der Waals surface area contributed by atoms with E-state index in [0.717, 1.165) is 8.95 Å². The third-order valence-electron chi connectivity index (χ3n) is 9.31. The van der Waals surface area contributed by atoms with Gasteiger partial charge >= 0.3 is 0 Å². The van der Waals surface area contributed by atoms with E-state index in [0.29, 0.717) is 0 Å². The zero-order valence-electron chi connectivity index (χ0n) is 24.8. The number of fused-ring (bicyclic) bond motifs is 4. The number of halogens is 2. The molecule has 0 fully saturated rings. The first kappa shape index (κ1) is 27.5. The van der Waals surface area contributed by atoms with E-state index in [4.69, 9.17) is 0 Å². The van der Waals surface area contributed by atoms with E-state index in [9.17, 15) is 0 Å². The van der Waals surface area contributed by atoms with Crippen molar-refractivity contribution in [3.05, 3.63) is 167 Å². The molecule has 1 aliphatic carbocycles. The topological polar surface area (TPSA) is 0 Å². The summed E-state index contributed by atoms with van der Waals surface area (Å²) < 4.78 is 2.16. The highest BCUT2D eigenvalue weighted by Gasteiger charge is 2.31. The normalized spacial score (nSPS) is 11.7. The summed E-state index contributed by atoms with van der Waals surface area (Å²) in [5.41, 5.74) is 15.1. The molecule has 46 heavy (non-hydrogen) atoms. The van der Waals surface area contributed by atoms with Crippen LogP contribution in [0.5, 0.6) is 0 Å². The second-order valence-corrected chi connectivity index (χ2v) is 13.7. The molecule has 9 rings (SSSR count). The van der Waals surface area contributed by atoms with E-state index < -0.39 is 0 Å². The maximum Gasteiger partial charge on any atom is 0.0181 e. The SMILES string of the molecule is Brc1cccc(-c2ccc3c(-c4ccccc4)c4c(c(-c5ccccc5)c3c2)-c2ccc(-c3cccc(Br)c3)c3cccc-4c23)c1. The van der Waals surface area contributed by atoms with Gasteiger partial charge in [0.2, 0.25) is 0 Å². The molecule has 8 aromatic carbocycles. The first-order valence-corrected chi connectivity index (χ1v) is 17.1. The van der Waals surface area contributed by atoms with Gasteiger partial charge in [-0.05, 0) is 119 Å². The van der Waals surface area contributed by atoms with Crippen molar-refractivity contribution in [3.63, 3.8) is 0 Å². The van der Waals surface area contributed by atoms with Crippen LogP contribution in [-0.4, -0.2) is 0 Å². The Morgan fingerprint density at radius 3 is 1.48 bits per heavy atom. The molecule has 216 valence electrons. The van der Waals surface area contributed by atoms with E-state index in [1.165, 1.54) is 88.3 Å². The molecule has 0 bridgehead atoms.